The molecule has 0 aliphatic carbocycles. The summed E-state index contributed by atoms with van der Waals surface area (Å²) in [6.07, 6.45) is 1.18. The van der Waals surface area contributed by atoms with E-state index in [2.05, 4.69) is 5.32 Å². The predicted molar refractivity (Wildman–Crippen MR) is 77.5 cm³/mol. The summed E-state index contributed by atoms with van der Waals surface area (Å²) in [6, 6.07) is 6.22. The fraction of sp³-hybridized carbons (Fsp3) is 0.0769. The molecule has 114 valence electrons. The number of carbonyl (C=O) groups excluding carboxylic acids is 1. The molecule has 0 bridgehead atoms. The number of hydrogen-bond donors (Lipinski definition) is 1. The van der Waals surface area contributed by atoms with Gasteiger partial charge < -0.3 is 9.88 Å². The van der Waals surface area contributed by atoms with Crippen molar-refractivity contribution in [2.75, 3.05) is 5.32 Å². The number of halogens is 2. The van der Waals surface area contributed by atoms with Gasteiger partial charge in [0.05, 0.1) is 11.6 Å². The summed E-state index contributed by atoms with van der Waals surface area (Å²) in [4.78, 5) is 11.9. The van der Waals surface area contributed by atoms with Gasteiger partial charge in [-0.3, -0.25) is 4.79 Å². The number of aromatic nitrogens is 1. The maximum atomic E-state index is 13.3. The Morgan fingerprint density at radius 3 is 2.59 bits per heavy atom. The highest BCUT2D eigenvalue weighted by Crippen LogP contribution is 2.19. The number of aryl methyl sites for hydroxylation is 1. The monoisotopic (exact) mass is 341 g/mol. The maximum absolute atomic E-state index is 13.3. The van der Waals surface area contributed by atoms with E-state index in [1.54, 1.807) is 6.07 Å². The van der Waals surface area contributed by atoms with Gasteiger partial charge in [-0.05, 0) is 24.3 Å². The zero-order valence-electron chi connectivity index (χ0n) is 11.2. The summed E-state index contributed by atoms with van der Waals surface area (Å²) in [5.74, 6) is -1.34. The van der Waals surface area contributed by atoms with E-state index in [1.165, 1.54) is 23.9 Å². The second kappa shape index (κ2) is 5.79. The van der Waals surface area contributed by atoms with Gasteiger partial charge in [0.2, 0.25) is 0 Å². The SMILES string of the molecule is Cn1cc(S(=O)(=O)Cl)cc1C(=O)Nc1cc(F)cc(C#N)c1. The van der Waals surface area contributed by atoms with E-state index in [4.69, 9.17) is 15.9 Å². The number of amides is 1. The number of nitrogens with zero attached hydrogens (tertiary/aromatic N) is 2. The highest BCUT2D eigenvalue weighted by Gasteiger charge is 2.18. The molecule has 0 saturated heterocycles. The van der Waals surface area contributed by atoms with Crippen molar-refractivity contribution in [1.29, 1.82) is 5.26 Å². The molecule has 0 atom stereocenters. The Morgan fingerprint density at radius 1 is 1.36 bits per heavy atom. The van der Waals surface area contributed by atoms with Crippen LogP contribution in [0.2, 0.25) is 0 Å². The van der Waals surface area contributed by atoms with Crippen molar-refractivity contribution in [1.82, 2.24) is 4.57 Å². The Morgan fingerprint density at radius 2 is 2.05 bits per heavy atom. The van der Waals surface area contributed by atoms with Gasteiger partial charge in [0.15, 0.2) is 0 Å². The average Bonchev–Trinajstić information content (AvgIpc) is 2.80. The van der Waals surface area contributed by atoms with Crippen LogP contribution in [-0.4, -0.2) is 18.9 Å². The van der Waals surface area contributed by atoms with E-state index in [-0.39, 0.29) is 21.8 Å². The van der Waals surface area contributed by atoms with E-state index in [1.807, 2.05) is 0 Å². The summed E-state index contributed by atoms with van der Waals surface area (Å²) in [5.41, 5.74) is 0.145. The van der Waals surface area contributed by atoms with Gasteiger partial charge in [-0.25, -0.2) is 12.8 Å². The van der Waals surface area contributed by atoms with Crippen molar-refractivity contribution in [3.05, 3.63) is 47.5 Å². The van der Waals surface area contributed by atoms with Crippen molar-refractivity contribution in [2.24, 2.45) is 7.05 Å². The zero-order valence-corrected chi connectivity index (χ0v) is 12.7. The molecule has 1 aromatic carbocycles. The highest BCUT2D eigenvalue weighted by molar-refractivity contribution is 8.13. The number of benzene rings is 1. The van der Waals surface area contributed by atoms with Gasteiger partial charge in [0.1, 0.15) is 16.4 Å². The summed E-state index contributed by atoms with van der Waals surface area (Å²) >= 11 is 0. The minimum Gasteiger partial charge on any atom is -0.345 e. The van der Waals surface area contributed by atoms with Gasteiger partial charge in [0.25, 0.3) is 15.0 Å². The van der Waals surface area contributed by atoms with Gasteiger partial charge in [-0.2, -0.15) is 5.26 Å². The molecule has 6 nitrogen and oxygen atoms in total. The molecular weight excluding hydrogens is 333 g/mol. The summed E-state index contributed by atoms with van der Waals surface area (Å²) in [6.45, 7) is 0. The molecule has 0 saturated carbocycles. The third-order valence-corrected chi connectivity index (χ3v) is 4.10. The van der Waals surface area contributed by atoms with Crippen LogP contribution in [0.15, 0.2) is 35.4 Å². The lowest BCUT2D eigenvalue weighted by molar-refractivity contribution is 0.101. The summed E-state index contributed by atoms with van der Waals surface area (Å²) in [5, 5.41) is 11.2. The number of nitriles is 1. The van der Waals surface area contributed by atoms with Gasteiger partial charge in [0, 0.05) is 29.6 Å². The lowest BCUT2D eigenvalue weighted by atomic mass is 10.2. The quantitative estimate of drug-likeness (QED) is 0.866. The molecule has 2 rings (SSSR count). The molecule has 0 unspecified atom stereocenters. The minimum atomic E-state index is -3.96. The van der Waals surface area contributed by atoms with Crippen LogP contribution >= 0.6 is 10.7 Å². The van der Waals surface area contributed by atoms with E-state index in [9.17, 15) is 17.6 Å². The molecule has 0 aliphatic rings. The van der Waals surface area contributed by atoms with Crippen molar-refractivity contribution in [3.63, 3.8) is 0 Å². The molecule has 1 heterocycles. The molecule has 0 aliphatic heterocycles. The average molecular weight is 342 g/mol. The van der Waals surface area contributed by atoms with Crippen molar-refractivity contribution >= 4 is 31.3 Å². The first-order valence-electron chi connectivity index (χ1n) is 5.84. The summed E-state index contributed by atoms with van der Waals surface area (Å²) in [7, 11) is 2.72. The molecule has 0 radical (unpaired) electrons. The first-order valence-corrected chi connectivity index (χ1v) is 8.14. The van der Waals surface area contributed by atoms with Crippen LogP contribution in [0.3, 0.4) is 0 Å². The van der Waals surface area contributed by atoms with E-state index < -0.39 is 20.8 Å². The molecule has 9 heteroatoms. The van der Waals surface area contributed by atoms with Crippen molar-refractivity contribution in [3.8, 4) is 6.07 Å². The largest absolute Gasteiger partial charge is 0.345 e. The van der Waals surface area contributed by atoms with Crippen LogP contribution in [0.5, 0.6) is 0 Å². The standard InChI is InChI=1S/C13H9ClFN3O3S/c1-18-7-11(22(14,20)21)5-12(18)13(19)17-10-3-8(6-16)2-9(15)4-10/h2-5,7H,1H3,(H,17,19). The third-order valence-electron chi connectivity index (χ3n) is 2.78. The molecule has 1 aromatic heterocycles. The van der Waals surface area contributed by atoms with Crippen LogP contribution in [0.25, 0.3) is 0 Å². The van der Waals surface area contributed by atoms with E-state index >= 15 is 0 Å². The molecular formula is C13H9ClFN3O3S. The second-order valence-electron chi connectivity index (χ2n) is 4.40. The van der Waals surface area contributed by atoms with Gasteiger partial charge in [-0.1, -0.05) is 0 Å². The van der Waals surface area contributed by atoms with Crippen molar-refractivity contribution in [2.45, 2.75) is 4.90 Å². The third kappa shape index (κ3) is 3.44. The number of nitrogens with one attached hydrogen (secondary N) is 1. The lowest BCUT2D eigenvalue weighted by Gasteiger charge is -2.06. The predicted octanol–water partition coefficient (Wildman–Crippen LogP) is 2.22. The molecule has 0 spiro atoms. The fourth-order valence-corrected chi connectivity index (χ4v) is 2.60. The van der Waals surface area contributed by atoms with E-state index in [0.29, 0.717) is 0 Å². The first-order chi connectivity index (χ1) is 10.2. The Hall–Kier alpha value is -2.37. The Kier molecular flexibility index (Phi) is 4.21. The number of carbonyl (C=O) groups is 1. The van der Waals surface area contributed by atoms with Gasteiger partial charge >= 0.3 is 0 Å². The van der Waals surface area contributed by atoms with Crippen LogP contribution in [0.4, 0.5) is 10.1 Å². The van der Waals surface area contributed by atoms with Crippen LogP contribution < -0.4 is 5.32 Å². The Labute approximate surface area is 130 Å². The lowest BCUT2D eigenvalue weighted by Crippen LogP contribution is -2.15. The highest BCUT2D eigenvalue weighted by atomic mass is 35.7. The summed E-state index contributed by atoms with van der Waals surface area (Å²) < 4.78 is 37.1. The Bertz CT molecular complexity index is 900. The van der Waals surface area contributed by atoms with Gasteiger partial charge in [-0.15, -0.1) is 0 Å². The number of hydrogen-bond acceptors (Lipinski definition) is 4. The minimum absolute atomic E-state index is 0.0157. The topological polar surface area (TPSA) is 92.0 Å². The number of rotatable bonds is 3. The molecule has 0 fully saturated rings. The first kappa shape index (κ1) is 16.0. The van der Waals surface area contributed by atoms with Crippen molar-refractivity contribution < 1.29 is 17.6 Å². The normalized spacial score (nSPS) is 11.0. The second-order valence-corrected chi connectivity index (χ2v) is 6.97. The fourth-order valence-electron chi connectivity index (χ4n) is 1.81. The molecule has 1 amide bonds. The smallest absolute Gasteiger partial charge is 0.272 e. The Balaban J connectivity index is 2.33. The van der Waals surface area contributed by atoms with Crippen LogP contribution in [0.1, 0.15) is 16.1 Å². The zero-order chi connectivity index (χ0) is 16.5. The van der Waals surface area contributed by atoms with Crippen LogP contribution in [0, 0.1) is 17.1 Å². The van der Waals surface area contributed by atoms with E-state index in [0.717, 1.165) is 18.2 Å². The molecule has 1 N–H and O–H groups in total. The maximum Gasteiger partial charge on any atom is 0.272 e. The molecule has 22 heavy (non-hydrogen) atoms. The number of anilines is 1. The molecule has 2 aromatic rings. The van der Waals surface area contributed by atoms with Crippen LogP contribution in [-0.2, 0) is 16.1 Å².